The molecule has 6 aliphatic heterocycles. The zero-order valence-electron chi connectivity index (χ0n) is 35.7. The summed E-state index contributed by atoms with van der Waals surface area (Å²) < 4.78 is 0. The summed E-state index contributed by atoms with van der Waals surface area (Å²) in [6.07, 6.45) is 20.8. The van der Waals surface area contributed by atoms with Crippen LogP contribution in [0.1, 0.15) is 113 Å². The maximum absolute atomic E-state index is 14.4. The van der Waals surface area contributed by atoms with Crippen molar-refractivity contribution in [3.8, 4) is 0 Å². The molecule has 6 atom stereocenters. The highest BCUT2D eigenvalue weighted by atomic mass is 16.2. The number of carbonyl (C=O) groups excluding carboxylic acids is 6. The van der Waals surface area contributed by atoms with Crippen LogP contribution in [0.15, 0.2) is 88.8 Å². The highest BCUT2D eigenvalue weighted by Gasteiger charge is 2.37. The minimum Gasteiger partial charge on any atom is -0.349 e. The van der Waals surface area contributed by atoms with Crippen LogP contribution >= 0.6 is 0 Å². The quantitative estimate of drug-likeness (QED) is 0.228. The molecule has 3 saturated carbocycles. The van der Waals surface area contributed by atoms with Gasteiger partial charge in [0.1, 0.15) is 0 Å². The summed E-state index contributed by atoms with van der Waals surface area (Å²) in [7, 11) is 0. The maximum Gasteiger partial charge on any atom is 0.249 e. The zero-order valence-corrected chi connectivity index (χ0v) is 35.7. The monoisotopic (exact) mass is 855 g/mol. The Balaban J connectivity index is 1.13. The van der Waals surface area contributed by atoms with Crippen molar-refractivity contribution < 1.29 is 28.8 Å². The van der Waals surface area contributed by atoms with Gasteiger partial charge in [0.2, 0.25) is 35.4 Å². The second kappa shape index (κ2) is 17.2. The maximum atomic E-state index is 14.4. The largest absolute Gasteiger partial charge is 0.349 e. The van der Waals surface area contributed by atoms with Crippen molar-refractivity contribution in [3.05, 3.63) is 106 Å². The fourth-order valence-corrected chi connectivity index (χ4v) is 11.1. The van der Waals surface area contributed by atoms with Crippen molar-refractivity contribution in [3.63, 3.8) is 0 Å². The molecule has 0 radical (unpaired) electrons. The van der Waals surface area contributed by atoms with Gasteiger partial charge < -0.3 is 46.6 Å². The average molecular weight is 856 g/mol. The van der Waals surface area contributed by atoms with Crippen LogP contribution in [0.2, 0.25) is 0 Å². The third-order valence-corrected chi connectivity index (χ3v) is 14.2. The van der Waals surface area contributed by atoms with Crippen molar-refractivity contribution in [2.24, 2.45) is 0 Å². The summed E-state index contributed by atoms with van der Waals surface area (Å²) in [4.78, 5) is 91.9. The van der Waals surface area contributed by atoms with Gasteiger partial charge in [0, 0.05) is 146 Å². The molecule has 63 heavy (non-hydrogen) atoms. The van der Waals surface area contributed by atoms with Crippen molar-refractivity contribution in [2.75, 3.05) is 0 Å². The molecule has 3 aliphatic carbocycles. The summed E-state index contributed by atoms with van der Waals surface area (Å²) >= 11 is 0. The Morgan fingerprint density at radius 1 is 0.317 bits per heavy atom. The van der Waals surface area contributed by atoms with E-state index in [1.807, 2.05) is 51.9 Å². The SMILES string of the molecule is O=C1N[C@@H]2CCCC[C@H]2NC(=O)C2=CN3C=C(C2)C(=O)N[C@@H]2CCCC[C@H]2NC(=O)C2=CN4C=C(C2)C(=O)N[C@@H]2CCCC[C@H]2NC(=O)C2=CN(C=C1C2)Cc1cc(cc(c1)C4)C3. The summed E-state index contributed by atoms with van der Waals surface area (Å²) in [5.74, 6) is -1.73. The first-order chi connectivity index (χ1) is 30.6. The smallest absolute Gasteiger partial charge is 0.249 e. The molecule has 9 aliphatic rings. The van der Waals surface area contributed by atoms with Gasteiger partial charge in [-0.05, 0) is 55.2 Å². The number of hydrogen-bond donors (Lipinski definition) is 6. The Labute approximate surface area is 367 Å². The lowest BCUT2D eigenvalue weighted by molar-refractivity contribution is -0.122. The Morgan fingerprint density at radius 3 is 0.698 bits per heavy atom. The minimum atomic E-state index is -0.337. The highest BCUT2D eigenvalue weighted by molar-refractivity contribution is 6.02. The molecule has 6 N–H and O–H groups in total. The predicted octanol–water partition coefficient (Wildman–Crippen LogP) is 3.28. The van der Waals surface area contributed by atoms with E-state index >= 15 is 0 Å². The van der Waals surface area contributed by atoms with Gasteiger partial charge in [0.15, 0.2) is 0 Å². The number of nitrogens with zero attached hydrogens (tertiary/aromatic N) is 3. The normalized spacial score (nSPS) is 30.2. The Bertz CT molecular complexity index is 1930. The molecule has 15 heteroatoms. The van der Waals surface area contributed by atoms with Crippen LogP contribution in [0.25, 0.3) is 0 Å². The second-order valence-corrected chi connectivity index (χ2v) is 19.0. The molecule has 6 amide bonds. The van der Waals surface area contributed by atoms with Crippen molar-refractivity contribution in [1.82, 2.24) is 46.6 Å². The van der Waals surface area contributed by atoms with Gasteiger partial charge in [-0.1, -0.05) is 56.7 Å². The van der Waals surface area contributed by atoms with E-state index in [2.05, 4.69) is 50.1 Å². The van der Waals surface area contributed by atoms with Gasteiger partial charge in [0.05, 0.1) is 0 Å². The van der Waals surface area contributed by atoms with Crippen LogP contribution in [0.3, 0.4) is 0 Å². The summed E-state index contributed by atoms with van der Waals surface area (Å²) in [6, 6.07) is 4.20. The van der Waals surface area contributed by atoms with Crippen molar-refractivity contribution in [1.29, 1.82) is 0 Å². The van der Waals surface area contributed by atoms with Crippen LogP contribution < -0.4 is 31.9 Å². The van der Waals surface area contributed by atoms with Crippen molar-refractivity contribution >= 4 is 35.4 Å². The van der Waals surface area contributed by atoms with Crippen molar-refractivity contribution in [2.45, 2.75) is 152 Å². The Hall–Kier alpha value is -6.12. The lowest BCUT2D eigenvalue weighted by Crippen LogP contribution is -2.54. The van der Waals surface area contributed by atoms with E-state index in [4.69, 9.17) is 0 Å². The van der Waals surface area contributed by atoms with E-state index in [1.165, 1.54) is 0 Å². The van der Waals surface area contributed by atoms with E-state index in [1.54, 1.807) is 0 Å². The third-order valence-electron chi connectivity index (χ3n) is 14.2. The van der Waals surface area contributed by atoms with Crippen LogP contribution in [-0.4, -0.2) is 86.4 Å². The number of fused-ring (bicyclic) bond motifs is 3. The van der Waals surface area contributed by atoms with Gasteiger partial charge >= 0.3 is 0 Å². The molecule has 1 aromatic rings. The number of benzene rings is 1. The van der Waals surface area contributed by atoms with Crippen LogP contribution in [0, 0.1) is 0 Å². The molecule has 0 aromatic heterocycles. The molecule has 330 valence electrons. The van der Waals surface area contributed by atoms with Crippen LogP contribution in [0.4, 0.5) is 0 Å². The van der Waals surface area contributed by atoms with Gasteiger partial charge in [-0.2, -0.15) is 0 Å². The Kier molecular flexibility index (Phi) is 11.2. The van der Waals surface area contributed by atoms with E-state index in [-0.39, 0.29) is 91.0 Å². The number of hydrogen-bond acceptors (Lipinski definition) is 9. The average Bonchev–Trinajstić information content (AvgIpc) is 3.27. The van der Waals surface area contributed by atoms with E-state index in [9.17, 15) is 28.8 Å². The molecule has 10 rings (SSSR count). The summed E-state index contributed by atoms with van der Waals surface area (Å²) in [5, 5.41) is 19.5. The van der Waals surface area contributed by atoms with Crippen LogP contribution in [0.5, 0.6) is 0 Å². The lowest BCUT2D eigenvalue weighted by atomic mass is 9.88. The second-order valence-electron chi connectivity index (χ2n) is 19.0. The molecule has 0 spiro atoms. The Morgan fingerprint density at radius 2 is 0.508 bits per heavy atom. The number of rotatable bonds is 0. The van der Waals surface area contributed by atoms with Gasteiger partial charge in [-0.3, -0.25) is 28.8 Å². The fourth-order valence-electron chi connectivity index (χ4n) is 11.1. The molecule has 1 aromatic carbocycles. The molecule has 0 saturated heterocycles. The lowest BCUT2D eigenvalue weighted by Gasteiger charge is -2.35. The molecular weight excluding hydrogens is 799 g/mol. The molecule has 3 fully saturated rings. The third kappa shape index (κ3) is 8.92. The summed E-state index contributed by atoms with van der Waals surface area (Å²) in [6.45, 7) is 1.01. The zero-order chi connectivity index (χ0) is 43.2. The minimum absolute atomic E-state index is 0.116. The highest BCUT2D eigenvalue weighted by Crippen LogP contribution is 2.31. The standard InChI is InChI=1S/C48H57N9O6/c58-43-31-16-33-24-55(22-31)19-28-13-29-15-30(14-28)21-57-26-35(47(62)53-40-10-4-3-9-39(40)51-45(33)60)18-36(27-57)48(63)54-42-12-6-5-11-41(42)52-46(61)34-17-32(23-56(20-29)25-34)44(59)50-38-8-2-1-7-37(38)49-43/h13-15,22-27,37-42H,1-12,16-21H2,(H,49,58)(H,50,59)(H,51,60)(H,52,61)(H,53,62)(H,54,63)/t37-,38-,39-,40-,41-,42-/m1/s1. The first-order valence-corrected chi connectivity index (χ1v) is 23.1. The molecule has 15 nitrogen and oxygen atoms in total. The molecular formula is C48H57N9O6. The van der Waals surface area contributed by atoms with Gasteiger partial charge in [0.25, 0.3) is 0 Å². The van der Waals surface area contributed by atoms with E-state index < -0.39 is 0 Å². The predicted molar refractivity (Wildman–Crippen MR) is 232 cm³/mol. The molecule has 0 unspecified atom stereocenters. The fraction of sp³-hybridized carbons (Fsp3) is 0.500. The van der Waals surface area contributed by atoms with Crippen LogP contribution in [-0.2, 0) is 48.4 Å². The van der Waals surface area contributed by atoms with Gasteiger partial charge in [-0.25, -0.2) is 0 Å². The number of nitrogens with one attached hydrogen (secondary N) is 6. The summed E-state index contributed by atoms with van der Waals surface area (Å²) in [5.41, 5.74) is 5.35. The van der Waals surface area contributed by atoms with Gasteiger partial charge in [-0.15, -0.1) is 0 Å². The first kappa shape index (κ1) is 40.9. The number of amides is 6. The number of carbonyl (C=O) groups is 6. The van der Waals surface area contributed by atoms with E-state index in [0.717, 1.165) is 55.2 Å². The molecule has 6 heterocycles. The first-order valence-electron chi connectivity index (χ1n) is 23.1. The molecule has 12 bridgehead atoms. The topological polar surface area (TPSA) is 184 Å². The van der Waals surface area contributed by atoms with E-state index in [0.29, 0.717) is 91.6 Å².